The molecule has 1 aromatic carbocycles. The number of carbonyl (C=O) groups excluding carboxylic acids is 1. The van der Waals surface area contributed by atoms with Gasteiger partial charge in [-0.3, -0.25) is 4.79 Å². The van der Waals surface area contributed by atoms with Crippen molar-refractivity contribution in [3.8, 4) is 0 Å². The van der Waals surface area contributed by atoms with Crippen molar-refractivity contribution in [1.29, 1.82) is 0 Å². The van der Waals surface area contributed by atoms with Gasteiger partial charge in [-0.15, -0.1) is 0 Å². The predicted molar refractivity (Wildman–Crippen MR) is 56.6 cm³/mol. The van der Waals surface area contributed by atoms with Crippen LogP contribution in [0.2, 0.25) is 5.02 Å². The number of benzene rings is 1. The molecule has 2 rings (SSSR count). The molecule has 1 aliphatic rings. The number of amides is 1. The molecule has 0 bridgehead atoms. The highest BCUT2D eigenvalue weighted by Gasteiger charge is 2.24. The number of aryl methyl sites for hydroxylation is 1. The monoisotopic (exact) mass is 209 g/mol. The Bertz CT molecular complexity index is 376. The Balaban J connectivity index is 2.32. The maximum atomic E-state index is 11.1. The van der Waals surface area contributed by atoms with Gasteiger partial charge in [0.25, 0.3) is 0 Å². The van der Waals surface area contributed by atoms with E-state index in [1.807, 2.05) is 25.1 Å². The van der Waals surface area contributed by atoms with Gasteiger partial charge in [-0.25, -0.2) is 0 Å². The number of nitrogens with one attached hydrogen (secondary N) is 1. The Morgan fingerprint density at radius 2 is 2.29 bits per heavy atom. The van der Waals surface area contributed by atoms with Gasteiger partial charge in [0.05, 0.1) is 0 Å². The van der Waals surface area contributed by atoms with E-state index in [1.54, 1.807) is 0 Å². The summed E-state index contributed by atoms with van der Waals surface area (Å²) in [5.41, 5.74) is 2.16. The van der Waals surface area contributed by atoms with E-state index in [1.165, 1.54) is 0 Å². The fraction of sp³-hybridized carbons (Fsp3) is 0.364. The molecule has 1 fully saturated rings. The lowest BCUT2D eigenvalue weighted by Crippen LogP contribution is -2.13. The number of hydrogen-bond donors (Lipinski definition) is 1. The molecule has 14 heavy (non-hydrogen) atoms. The minimum atomic E-state index is 0.118. The smallest absolute Gasteiger partial charge is 0.220 e. The van der Waals surface area contributed by atoms with Crippen molar-refractivity contribution in [2.24, 2.45) is 0 Å². The first-order valence-corrected chi connectivity index (χ1v) is 5.08. The molecule has 0 radical (unpaired) electrons. The molecule has 0 spiro atoms. The van der Waals surface area contributed by atoms with E-state index in [0.29, 0.717) is 13.0 Å². The third kappa shape index (κ3) is 1.62. The SMILES string of the molecule is Cc1cccc(C2CNC(=O)C2)c1Cl. The molecule has 2 nitrogen and oxygen atoms in total. The third-order valence-electron chi connectivity index (χ3n) is 2.64. The first-order valence-electron chi connectivity index (χ1n) is 4.70. The van der Waals surface area contributed by atoms with Crippen molar-refractivity contribution < 1.29 is 4.79 Å². The molecule has 3 heteroatoms. The summed E-state index contributed by atoms with van der Waals surface area (Å²) in [7, 11) is 0. The molecule has 1 unspecified atom stereocenters. The number of hydrogen-bond acceptors (Lipinski definition) is 1. The fourth-order valence-electron chi connectivity index (χ4n) is 1.81. The van der Waals surface area contributed by atoms with E-state index in [9.17, 15) is 4.79 Å². The van der Waals surface area contributed by atoms with Crippen LogP contribution in [-0.4, -0.2) is 12.5 Å². The summed E-state index contributed by atoms with van der Waals surface area (Å²) in [6, 6.07) is 5.97. The zero-order valence-electron chi connectivity index (χ0n) is 8.01. The molecule has 1 aliphatic heterocycles. The Kier molecular flexibility index (Phi) is 2.46. The normalized spacial score (nSPS) is 21.0. The van der Waals surface area contributed by atoms with Crippen molar-refractivity contribution in [3.05, 3.63) is 34.3 Å². The lowest BCUT2D eigenvalue weighted by molar-refractivity contribution is -0.119. The lowest BCUT2D eigenvalue weighted by Gasteiger charge is -2.11. The molecule has 0 saturated carbocycles. The average molecular weight is 210 g/mol. The highest BCUT2D eigenvalue weighted by atomic mass is 35.5. The summed E-state index contributed by atoms with van der Waals surface area (Å²) < 4.78 is 0. The van der Waals surface area contributed by atoms with Crippen molar-refractivity contribution in [2.45, 2.75) is 19.3 Å². The van der Waals surface area contributed by atoms with Gasteiger partial charge in [0.15, 0.2) is 0 Å². The Morgan fingerprint density at radius 3 is 2.93 bits per heavy atom. The van der Waals surface area contributed by atoms with Gasteiger partial charge >= 0.3 is 0 Å². The zero-order valence-corrected chi connectivity index (χ0v) is 8.77. The highest BCUT2D eigenvalue weighted by molar-refractivity contribution is 6.32. The highest BCUT2D eigenvalue weighted by Crippen LogP contribution is 2.31. The minimum Gasteiger partial charge on any atom is -0.355 e. The van der Waals surface area contributed by atoms with Crippen LogP contribution in [0.4, 0.5) is 0 Å². The van der Waals surface area contributed by atoms with Crippen LogP contribution in [0.1, 0.15) is 23.5 Å². The van der Waals surface area contributed by atoms with E-state index in [-0.39, 0.29) is 11.8 Å². The van der Waals surface area contributed by atoms with Gasteiger partial charge in [0.1, 0.15) is 0 Å². The van der Waals surface area contributed by atoms with E-state index in [0.717, 1.165) is 16.1 Å². The summed E-state index contributed by atoms with van der Waals surface area (Å²) in [5, 5.41) is 3.62. The third-order valence-corrected chi connectivity index (χ3v) is 3.16. The summed E-state index contributed by atoms with van der Waals surface area (Å²) >= 11 is 6.18. The maximum absolute atomic E-state index is 11.1. The van der Waals surface area contributed by atoms with E-state index >= 15 is 0 Å². The molecule has 0 aromatic heterocycles. The second-order valence-electron chi connectivity index (χ2n) is 3.68. The number of halogens is 1. The van der Waals surface area contributed by atoms with Gasteiger partial charge in [-0.2, -0.15) is 0 Å². The second kappa shape index (κ2) is 3.62. The van der Waals surface area contributed by atoms with Gasteiger partial charge in [0, 0.05) is 23.9 Å². The van der Waals surface area contributed by atoms with Crippen LogP contribution >= 0.6 is 11.6 Å². The Labute approximate surface area is 88.3 Å². The molecule has 1 heterocycles. The number of carbonyl (C=O) groups is 1. The standard InChI is InChI=1S/C11H12ClNO/c1-7-3-2-4-9(11(7)12)8-5-10(14)13-6-8/h2-4,8H,5-6H2,1H3,(H,13,14). The fourth-order valence-corrected chi connectivity index (χ4v) is 2.09. The van der Waals surface area contributed by atoms with Crippen molar-refractivity contribution in [3.63, 3.8) is 0 Å². The van der Waals surface area contributed by atoms with Gasteiger partial charge in [-0.1, -0.05) is 29.8 Å². The van der Waals surface area contributed by atoms with E-state index in [4.69, 9.17) is 11.6 Å². The quantitative estimate of drug-likeness (QED) is 0.755. The van der Waals surface area contributed by atoms with Crippen molar-refractivity contribution >= 4 is 17.5 Å². The molecule has 1 amide bonds. The first kappa shape index (κ1) is 9.53. The molecule has 1 aromatic rings. The van der Waals surface area contributed by atoms with E-state index < -0.39 is 0 Å². The van der Waals surface area contributed by atoms with Crippen LogP contribution in [0.5, 0.6) is 0 Å². The van der Waals surface area contributed by atoms with Crippen LogP contribution in [0.3, 0.4) is 0 Å². The van der Waals surface area contributed by atoms with Crippen LogP contribution in [0.25, 0.3) is 0 Å². The van der Waals surface area contributed by atoms with Crippen LogP contribution in [0.15, 0.2) is 18.2 Å². The van der Waals surface area contributed by atoms with Gasteiger partial charge in [0.2, 0.25) is 5.91 Å². The minimum absolute atomic E-state index is 0.118. The average Bonchev–Trinajstić information content (AvgIpc) is 2.57. The predicted octanol–water partition coefficient (Wildman–Crippen LogP) is 2.25. The lowest BCUT2D eigenvalue weighted by atomic mass is 9.97. The van der Waals surface area contributed by atoms with Crippen molar-refractivity contribution in [2.75, 3.05) is 6.54 Å². The molecule has 1 N–H and O–H groups in total. The molecular formula is C11H12ClNO. The summed E-state index contributed by atoms with van der Waals surface area (Å²) in [4.78, 5) is 11.1. The van der Waals surface area contributed by atoms with Gasteiger partial charge < -0.3 is 5.32 Å². The summed E-state index contributed by atoms with van der Waals surface area (Å²) in [6.07, 6.45) is 0.559. The Morgan fingerprint density at radius 1 is 1.50 bits per heavy atom. The largest absolute Gasteiger partial charge is 0.355 e. The first-order chi connectivity index (χ1) is 6.68. The topological polar surface area (TPSA) is 29.1 Å². The summed E-state index contributed by atoms with van der Waals surface area (Å²) in [5.74, 6) is 0.363. The molecule has 74 valence electrons. The van der Waals surface area contributed by atoms with Crippen LogP contribution < -0.4 is 5.32 Å². The zero-order chi connectivity index (χ0) is 10.1. The molecular weight excluding hydrogens is 198 g/mol. The second-order valence-corrected chi connectivity index (χ2v) is 4.06. The van der Waals surface area contributed by atoms with Gasteiger partial charge in [-0.05, 0) is 18.1 Å². The molecule has 0 aliphatic carbocycles. The summed E-state index contributed by atoms with van der Waals surface area (Å²) in [6.45, 7) is 2.69. The van der Waals surface area contributed by atoms with Crippen LogP contribution in [0, 0.1) is 6.92 Å². The molecule has 1 saturated heterocycles. The maximum Gasteiger partial charge on any atom is 0.220 e. The van der Waals surface area contributed by atoms with Crippen molar-refractivity contribution in [1.82, 2.24) is 5.32 Å². The number of rotatable bonds is 1. The Hall–Kier alpha value is -1.02. The van der Waals surface area contributed by atoms with E-state index in [2.05, 4.69) is 5.32 Å². The molecule has 1 atom stereocenters. The van der Waals surface area contributed by atoms with Crippen LogP contribution in [-0.2, 0) is 4.79 Å².